The number of ether oxygens (including phenoxy) is 1. The quantitative estimate of drug-likeness (QED) is 0.241. The fourth-order valence-electron chi connectivity index (χ4n) is 3.08. The van der Waals surface area contributed by atoms with Crippen molar-refractivity contribution in [2.75, 3.05) is 0 Å². The van der Waals surface area contributed by atoms with E-state index in [2.05, 4.69) is 39.8 Å². The average Bonchev–Trinajstić information content (AvgIpc) is 2.59. The van der Waals surface area contributed by atoms with E-state index in [0.717, 1.165) is 44.9 Å². The van der Waals surface area contributed by atoms with E-state index >= 15 is 0 Å². The first-order valence-electron chi connectivity index (χ1n) is 9.87. The minimum atomic E-state index is -0.355. The lowest BCUT2D eigenvalue weighted by Crippen LogP contribution is -2.32. The maximum Gasteiger partial charge on any atom is 0.317 e. The number of benzene rings is 1. The van der Waals surface area contributed by atoms with Gasteiger partial charge in [0.05, 0.1) is 5.41 Å². The van der Waals surface area contributed by atoms with Crippen LogP contribution in [0.4, 0.5) is 0 Å². The second-order valence-electron chi connectivity index (χ2n) is 7.26. The van der Waals surface area contributed by atoms with Crippen LogP contribution >= 0.6 is 0 Å². The zero-order valence-corrected chi connectivity index (χ0v) is 16.2. The Labute approximate surface area is 149 Å². The predicted octanol–water partition coefficient (Wildman–Crippen LogP) is 6.71. The summed E-state index contributed by atoms with van der Waals surface area (Å²) in [5, 5.41) is 0. The van der Waals surface area contributed by atoms with Crippen LogP contribution in [0.2, 0.25) is 0 Å². The van der Waals surface area contributed by atoms with Gasteiger partial charge in [-0.1, -0.05) is 77.8 Å². The van der Waals surface area contributed by atoms with Gasteiger partial charge in [0.1, 0.15) is 5.75 Å². The third-order valence-electron chi connectivity index (χ3n) is 4.83. The minimum Gasteiger partial charge on any atom is -0.426 e. The molecule has 0 radical (unpaired) electrons. The summed E-state index contributed by atoms with van der Waals surface area (Å²) in [6.07, 6.45) is 11.0. The van der Waals surface area contributed by atoms with Crippen LogP contribution in [0.15, 0.2) is 24.3 Å². The van der Waals surface area contributed by atoms with Gasteiger partial charge in [-0.25, -0.2) is 0 Å². The molecule has 0 spiro atoms. The van der Waals surface area contributed by atoms with Crippen LogP contribution in [0, 0.1) is 5.41 Å². The highest BCUT2D eigenvalue weighted by atomic mass is 16.5. The second-order valence-corrected chi connectivity index (χ2v) is 7.26. The van der Waals surface area contributed by atoms with Gasteiger partial charge >= 0.3 is 5.97 Å². The molecule has 0 aliphatic rings. The van der Waals surface area contributed by atoms with Gasteiger partial charge in [-0.15, -0.1) is 0 Å². The van der Waals surface area contributed by atoms with Gasteiger partial charge < -0.3 is 4.74 Å². The lowest BCUT2D eigenvalue weighted by molar-refractivity contribution is -0.146. The molecule has 2 heteroatoms. The van der Waals surface area contributed by atoms with Crippen molar-refractivity contribution in [1.29, 1.82) is 0 Å². The molecule has 1 rings (SSSR count). The normalized spacial score (nSPS) is 13.5. The SMILES string of the molecule is CCCCCCC(C)(CCCC)C(=O)Oc1ccc(CCC)cc1. The number of hydrogen-bond donors (Lipinski definition) is 0. The molecule has 1 aromatic rings. The summed E-state index contributed by atoms with van der Waals surface area (Å²) in [4.78, 5) is 12.8. The van der Waals surface area contributed by atoms with E-state index in [9.17, 15) is 4.79 Å². The van der Waals surface area contributed by atoms with Gasteiger partial charge in [0.15, 0.2) is 0 Å². The van der Waals surface area contributed by atoms with Crippen LogP contribution in [-0.4, -0.2) is 5.97 Å². The van der Waals surface area contributed by atoms with E-state index in [4.69, 9.17) is 4.74 Å². The van der Waals surface area contributed by atoms with Crippen molar-refractivity contribution in [3.8, 4) is 5.75 Å². The van der Waals surface area contributed by atoms with Crippen molar-refractivity contribution in [2.24, 2.45) is 5.41 Å². The van der Waals surface area contributed by atoms with Gasteiger partial charge in [0, 0.05) is 0 Å². The lowest BCUT2D eigenvalue weighted by atomic mass is 9.80. The fraction of sp³-hybridized carbons (Fsp3) is 0.682. The van der Waals surface area contributed by atoms with Gasteiger partial charge in [-0.2, -0.15) is 0 Å². The number of unbranched alkanes of at least 4 members (excludes halogenated alkanes) is 4. The Morgan fingerprint density at radius 3 is 2.08 bits per heavy atom. The Balaban J connectivity index is 2.68. The Bertz CT molecular complexity index is 463. The highest BCUT2D eigenvalue weighted by molar-refractivity contribution is 5.78. The monoisotopic (exact) mass is 332 g/mol. The topological polar surface area (TPSA) is 26.3 Å². The number of carbonyl (C=O) groups excluding carboxylic acids is 1. The maximum atomic E-state index is 12.8. The first kappa shape index (κ1) is 20.7. The summed E-state index contributed by atoms with van der Waals surface area (Å²) >= 11 is 0. The van der Waals surface area contributed by atoms with E-state index < -0.39 is 0 Å². The zero-order chi connectivity index (χ0) is 17.8. The molecule has 0 aromatic heterocycles. The van der Waals surface area contributed by atoms with Crippen molar-refractivity contribution in [3.05, 3.63) is 29.8 Å². The van der Waals surface area contributed by atoms with Gasteiger partial charge in [0.2, 0.25) is 0 Å². The Morgan fingerprint density at radius 1 is 0.875 bits per heavy atom. The molecule has 0 saturated carbocycles. The van der Waals surface area contributed by atoms with E-state index in [0.29, 0.717) is 5.75 Å². The van der Waals surface area contributed by atoms with Gasteiger partial charge in [-0.05, 0) is 43.9 Å². The third-order valence-corrected chi connectivity index (χ3v) is 4.83. The van der Waals surface area contributed by atoms with Gasteiger partial charge in [0.25, 0.3) is 0 Å². The molecule has 0 amide bonds. The first-order chi connectivity index (χ1) is 11.6. The summed E-state index contributed by atoms with van der Waals surface area (Å²) in [6.45, 7) is 8.65. The predicted molar refractivity (Wildman–Crippen MR) is 102 cm³/mol. The largest absolute Gasteiger partial charge is 0.426 e. The fourth-order valence-corrected chi connectivity index (χ4v) is 3.08. The van der Waals surface area contributed by atoms with Crippen LogP contribution in [0.1, 0.15) is 91.0 Å². The standard InChI is InChI=1S/C22H36O2/c1-5-8-10-11-18-22(4,17-9-6-2)21(23)24-20-15-13-19(12-7-3)14-16-20/h13-16H,5-12,17-18H2,1-4H3. The molecule has 0 saturated heterocycles. The summed E-state index contributed by atoms with van der Waals surface area (Å²) in [6, 6.07) is 7.99. The third kappa shape index (κ3) is 7.07. The highest BCUT2D eigenvalue weighted by Crippen LogP contribution is 2.33. The lowest BCUT2D eigenvalue weighted by Gasteiger charge is -2.27. The molecule has 1 unspecified atom stereocenters. The molecule has 136 valence electrons. The van der Waals surface area contributed by atoms with Crippen LogP contribution in [0.5, 0.6) is 5.75 Å². The highest BCUT2D eigenvalue weighted by Gasteiger charge is 2.34. The summed E-state index contributed by atoms with van der Waals surface area (Å²) in [7, 11) is 0. The van der Waals surface area contributed by atoms with Crippen LogP contribution in [0.25, 0.3) is 0 Å². The number of carbonyl (C=O) groups is 1. The molecule has 1 atom stereocenters. The van der Waals surface area contributed by atoms with Crippen molar-refractivity contribution in [2.45, 2.75) is 91.9 Å². The van der Waals surface area contributed by atoms with Crippen LogP contribution in [0.3, 0.4) is 0 Å². The molecular weight excluding hydrogens is 296 g/mol. The number of aryl methyl sites for hydroxylation is 1. The average molecular weight is 333 g/mol. The smallest absolute Gasteiger partial charge is 0.317 e. The molecule has 0 N–H and O–H groups in total. The number of esters is 1. The van der Waals surface area contributed by atoms with E-state index in [-0.39, 0.29) is 11.4 Å². The summed E-state index contributed by atoms with van der Waals surface area (Å²) < 4.78 is 5.73. The first-order valence-corrected chi connectivity index (χ1v) is 9.87. The molecule has 1 aromatic carbocycles. The Kier molecular flexibility index (Phi) is 9.75. The van der Waals surface area contributed by atoms with E-state index in [1.807, 2.05) is 12.1 Å². The molecule has 0 aliphatic heterocycles. The zero-order valence-electron chi connectivity index (χ0n) is 16.2. The molecule has 0 fully saturated rings. The van der Waals surface area contributed by atoms with Crippen LogP contribution < -0.4 is 4.74 Å². The van der Waals surface area contributed by atoms with Crippen molar-refractivity contribution in [1.82, 2.24) is 0 Å². The molecule has 24 heavy (non-hydrogen) atoms. The Hall–Kier alpha value is -1.31. The minimum absolute atomic E-state index is 0.0595. The van der Waals surface area contributed by atoms with Crippen molar-refractivity contribution in [3.63, 3.8) is 0 Å². The molecule has 0 heterocycles. The number of rotatable bonds is 12. The number of hydrogen-bond acceptors (Lipinski definition) is 2. The maximum absolute atomic E-state index is 12.8. The van der Waals surface area contributed by atoms with E-state index in [1.54, 1.807) is 0 Å². The van der Waals surface area contributed by atoms with Crippen molar-refractivity contribution < 1.29 is 9.53 Å². The summed E-state index contributed by atoms with van der Waals surface area (Å²) in [5.74, 6) is 0.617. The van der Waals surface area contributed by atoms with Crippen LogP contribution in [-0.2, 0) is 11.2 Å². The molecule has 2 nitrogen and oxygen atoms in total. The second kappa shape index (κ2) is 11.3. The Morgan fingerprint density at radius 2 is 1.50 bits per heavy atom. The summed E-state index contributed by atoms with van der Waals surface area (Å²) in [5.41, 5.74) is 0.942. The molecule has 0 aliphatic carbocycles. The molecular formula is C22H36O2. The van der Waals surface area contributed by atoms with Gasteiger partial charge in [-0.3, -0.25) is 4.79 Å². The molecule has 0 bridgehead atoms. The van der Waals surface area contributed by atoms with Crippen molar-refractivity contribution >= 4 is 5.97 Å². The van der Waals surface area contributed by atoms with E-state index in [1.165, 1.54) is 24.8 Å².